The Hall–Kier alpha value is -1.98. The minimum absolute atomic E-state index is 0.0829. The summed E-state index contributed by atoms with van der Waals surface area (Å²) < 4.78 is 0. The molecule has 0 fully saturated rings. The molecule has 1 atom stereocenters. The molecule has 0 radical (unpaired) electrons. The number of hydrogen-bond acceptors (Lipinski definition) is 3. The van der Waals surface area contributed by atoms with Gasteiger partial charge in [-0.25, -0.2) is 0 Å². The highest BCUT2D eigenvalue weighted by molar-refractivity contribution is 7.99. The standard InChI is InChI=1S/C20H23ClN2O2S/c1-3-14(2)22-20(25)17-9-4-5-10-18(17)23-19(24)13-26-12-15-7-6-8-16(21)11-15/h4-11,14H,3,12-13H2,1-2H3,(H,22,25)(H,23,24)/t14-/m0/s1. The van der Waals surface area contributed by atoms with E-state index in [4.69, 9.17) is 11.6 Å². The second-order valence-electron chi connectivity index (χ2n) is 6.00. The largest absolute Gasteiger partial charge is 0.350 e. The first kappa shape index (κ1) is 20.3. The van der Waals surface area contributed by atoms with Gasteiger partial charge in [-0.3, -0.25) is 9.59 Å². The molecule has 0 aliphatic heterocycles. The van der Waals surface area contributed by atoms with Gasteiger partial charge in [0, 0.05) is 16.8 Å². The second kappa shape index (κ2) is 10.2. The number of rotatable bonds is 8. The van der Waals surface area contributed by atoms with Crippen molar-refractivity contribution in [1.82, 2.24) is 5.32 Å². The molecule has 26 heavy (non-hydrogen) atoms. The smallest absolute Gasteiger partial charge is 0.253 e. The number of thioether (sulfide) groups is 1. The molecule has 2 aromatic rings. The zero-order valence-corrected chi connectivity index (χ0v) is 16.5. The Labute approximate surface area is 163 Å². The first-order valence-electron chi connectivity index (χ1n) is 8.51. The van der Waals surface area contributed by atoms with Crippen molar-refractivity contribution in [1.29, 1.82) is 0 Å². The van der Waals surface area contributed by atoms with E-state index in [0.29, 0.717) is 27.8 Å². The van der Waals surface area contributed by atoms with Crippen LogP contribution in [0.2, 0.25) is 5.02 Å². The molecule has 0 saturated heterocycles. The third-order valence-electron chi connectivity index (χ3n) is 3.83. The van der Waals surface area contributed by atoms with Crippen molar-refractivity contribution in [2.45, 2.75) is 32.1 Å². The number of para-hydroxylation sites is 1. The third kappa shape index (κ3) is 6.39. The number of carbonyl (C=O) groups is 2. The van der Waals surface area contributed by atoms with E-state index in [-0.39, 0.29) is 17.9 Å². The molecule has 0 heterocycles. The summed E-state index contributed by atoms with van der Waals surface area (Å²) in [7, 11) is 0. The van der Waals surface area contributed by atoms with Gasteiger partial charge in [0.2, 0.25) is 5.91 Å². The lowest BCUT2D eigenvalue weighted by molar-refractivity contribution is -0.113. The summed E-state index contributed by atoms with van der Waals surface area (Å²) in [5, 5.41) is 6.44. The molecule has 2 N–H and O–H groups in total. The molecule has 0 spiro atoms. The van der Waals surface area contributed by atoms with E-state index in [1.54, 1.807) is 24.3 Å². The average molecular weight is 391 g/mol. The normalized spacial score (nSPS) is 11.7. The van der Waals surface area contributed by atoms with Gasteiger partial charge in [0.25, 0.3) is 5.91 Å². The fourth-order valence-electron chi connectivity index (χ4n) is 2.27. The van der Waals surface area contributed by atoms with Gasteiger partial charge in [-0.05, 0) is 43.2 Å². The first-order chi connectivity index (χ1) is 12.5. The van der Waals surface area contributed by atoms with E-state index in [1.807, 2.05) is 38.1 Å². The predicted octanol–water partition coefficient (Wildman–Crippen LogP) is 4.74. The molecule has 0 saturated carbocycles. The van der Waals surface area contributed by atoms with E-state index >= 15 is 0 Å². The second-order valence-corrected chi connectivity index (χ2v) is 7.42. The van der Waals surface area contributed by atoms with Gasteiger partial charge in [-0.15, -0.1) is 11.8 Å². The highest BCUT2D eigenvalue weighted by Gasteiger charge is 2.14. The minimum atomic E-state index is -0.179. The fourth-order valence-corrected chi connectivity index (χ4v) is 3.26. The van der Waals surface area contributed by atoms with Crippen molar-refractivity contribution in [3.05, 3.63) is 64.7 Å². The van der Waals surface area contributed by atoms with Crippen molar-refractivity contribution >= 4 is 40.9 Å². The average Bonchev–Trinajstić information content (AvgIpc) is 2.62. The summed E-state index contributed by atoms with van der Waals surface area (Å²) in [6, 6.07) is 14.7. The number of benzene rings is 2. The van der Waals surface area contributed by atoms with Crippen LogP contribution in [-0.4, -0.2) is 23.6 Å². The molecule has 2 rings (SSSR count). The lowest BCUT2D eigenvalue weighted by Gasteiger charge is -2.14. The Kier molecular flexibility index (Phi) is 8.01. The number of halogens is 1. The van der Waals surface area contributed by atoms with Gasteiger partial charge in [-0.1, -0.05) is 42.8 Å². The van der Waals surface area contributed by atoms with Crippen molar-refractivity contribution in [2.75, 3.05) is 11.1 Å². The molecule has 0 aliphatic rings. The molecule has 0 unspecified atom stereocenters. The molecule has 138 valence electrons. The Balaban J connectivity index is 1.91. The summed E-state index contributed by atoms with van der Waals surface area (Å²) in [5.74, 6) is 0.681. The first-order valence-corrected chi connectivity index (χ1v) is 10.0. The molecule has 2 aromatic carbocycles. The maximum Gasteiger partial charge on any atom is 0.253 e. The maximum atomic E-state index is 12.4. The Bertz CT molecular complexity index is 767. The van der Waals surface area contributed by atoms with Crippen LogP contribution in [-0.2, 0) is 10.5 Å². The van der Waals surface area contributed by atoms with Crippen LogP contribution in [0.25, 0.3) is 0 Å². The lowest BCUT2D eigenvalue weighted by atomic mass is 10.1. The number of anilines is 1. The number of carbonyl (C=O) groups excluding carboxylic acids is 2. The molecule has 0 aliphatic carbocycles. The van der Waals surface area contributed by atoms with Gasteiger partial charge in [-0.2, -0.15) is 0 Å². The van der Waals surface area contributed by atoms with E-state index in [1.165, 1.54) is 11.8 Å². The zero-order valence-electron chi connectivity index (χ0n) is 14.9. The van der Waals surface area contributed by atoms with Crippen LogP contribution in [0.3, 0.4) is 0 Å². The summed E-state index contributed by atoms with van der Waals surface area (Å²) in [6.45, 7) is 3.96. The summed E-state index contributed by atoms with van der Waals surface area (Å²) in [5.41, 5.74) is 2.08. The van der Waals surface area contributed by atoms with Crippen molar-refractivity contribution in [3.8, 4) is 0 Å². The van der Waals surface area contributed by atoms with Gasteiger partial charge in [0.1, 0.15) is 0 Å². The summed E-state index contributed by atoms with van der Waals surface area (Å²) >= 11 is 7.46. The molecular formula is C20H23ClN2O2S. The molecule has 0 aromatic heterocycles. The van der Waals surface area contributed by atoms with E-state index in [0.717, 1.165) is 12.0 Å². The molecular weight excluding hydrogens is 368 g/mol. The quantitative estimate of drug-likeness (QED) is 0.684. The van der Waals surface area contributed by atoms with Crippen LogP contribution in [0.1, 0.15) is 36.2 Å². The van der Waals surface area contributed by atoms with E-state index in [9.17, 15) is 9.59 Å². The van der Waals surface area contributed by atoms with E-state index in [2.05, 4.69) is 10.6 Å². The number of amides is 2. The monoisotopic (exact) mass is 390 g/mol. The SMILES string of the molecule is CC[C@H](C)NC(=O)c1ccccc1NC(=O)CSCc1cccc(Cl)c1. The van der Waals surface area contributed by atoms with Crippen LogP contribution < -0.4 is 10.6 Å². The topological polar surface area (TPSA) is 58.2 Å². The zero-order chi connectivity index (χ0) is 18.9. The molecule has 0 bridgehead atoms. The lowest BCUT2D eigenvalue weighted by Crippen LogP contribution is -2.32. The highest BCUT2D eigenvalue weighted by Crippen LogP contribution is 2.18. The van der Waals surface area contributed by atoms with Crippen molar-refractivity contribution in [3.63, 3.8) is 0 Å². The van der Waals surface area contributed by atoms with Crippen LogP contribution >= 0.6 is 23.4 Å². The van der Waals surface area contributed by atoms with Crippen LogP contribution in [0.5, 0.6) is 0 Å². The minimum Gasteiger partial charge on any atom is -0.350 e. The number of nitrogens with one attached hydrogen (secondary N) is 2. The summed E-state index contributed by atoms with van der Waals surface area (Å²) in [4.78, 5) is 24.6. The van der Waals surface area contributed by atoms with Gasteiger partial charge >= 0.3 is 0 Å². The maximum absolute atomic E-state index is 12.4. The molecule has 6 heteroatoms. The van der Waals surface area contributed by atoms with Gasteiger partial charge in [0.05, 0.1) is 17.0 Å². The van der Waals surface area contributed by atoms with Gasteiger partial charge < -0.3 is 10.6 Å². The highest BCUT2D eigenvalue weighted by atomic mass is 35.5. The Morgan fingerprint density at radius 1 is 1.15 bits per heavy atom. The van der Waals surface area contributed by atoms with Crippen molar-refractivity contribution < 1.29 is 9.59 Å². The van der Waals surface area contributed by atoms with E-state index < -0.39 is 0 Å². The number of hydrogen-bond donors (Lipinski definition) is 2. The predicted molar refractivity (Wildman–Crippen MR) is 110 cm³/mol. The Morgan fingerprint density at radius 3 is 2.65 bits per heavy atom. The van der Waals surface area contributed by atoms with Crippen LogP contribution in [0, 0.1) is 0 Å². The van der Waals surface area contributed by atoms with Crippen LogP contribution in [0.15, 0.2) is 48.5 Å². The fraction of sp³-hybridized carbons (Fsp3) is 0.300. The van der Waals surface area contributed by atoms with Crippen LogP contribution in [0.4, 0.5) is 5.69 Å². The van der Waals surface area contributed by atoms with Gasteiger partial charge in [0.15, 0.2) is 0 Å². The van der Waals surface area contributed by atoms with Crippen molar-refractivity contribution in [2.24, 2.45) is 0 Å². The Morgan fingerprint density at radius 2 is 1.92 bits per heavy atom. The molecule has 4 nitrogen and oxygen atoms in total. The summed E-state index contributed by atoms with van der Waals surface area (Å²) in [6.07, 6.45) is 0.848. The third-order valence-corrected chi connectivity index (χ3v) is 5.07. The molecule has 2 amide bonds.